The molecule has 0 bridgehead atoms. The molecule has 5 N–H and O–H groups in total. The van der Waals surface area contributed by atoms with Gasteiger partial charge in [-0.1, -0.05) is 24.3 Å². The lowest BCUT2D eigenvalue weighted by atomic mass is 9.94. The van der Waals surface area contributed by atoms with E-state index in [2.05, 4.69) is 16.8 Å². The van der Waals surface area contributed by atoms with Gasteiger partial charge in [0.15, 0.2) is 11.5 Å². The first-order valence-electron chi connectivity index (χ1n) is 14.6. The molecule has 3 atom stereocenters. The van der Waals surface area contributed by atoms with Gasteiger partial charge in [0.05, 0.1) is 24.9 Å². The highest BCUT2D eigenvalue weighted by Crippen LogP contribution is 2.32. The van der Waals surface area contributed by atoms with Crippen molar-refractivity contribution < 1.29 is 24.8 Å². The topological polar surface area (TPSA) is 118 Å². The molecular weight excluding hydrogens is 492 g/mol. The Morgan fingerprint density at radius 1 is 1.10 bits per heavy atom. The minimum absolute atomic E-state index is 0.0907. The van der Waals surface area contributed by atoms with Crippen LogP contribution in [0, 0.1) is 17.8 Å². The van der Waals surface area contributed by atoms with Gasteiger partial charge >= 0.3 is 0 Å². The number of fused-ring (bicyclic) bond motifs is 1. The average Bonchev–Trinajstić information content (AvgIpc) is 2.97. The number of aryl methyl sites for hydroxylation is 1. The van der Waals surface area contributed by atoms with Crippen molar-refractivity contribution in [2.24, 2.45) is 5.92 Å². The number of hydrogen-bond donors (Lipinski definition) is 4. The zero-order valence-electron chi connectivity index (χ0n) is 23.0. The number of aromatic nitrogens is 1. The zero-order chi connectivity index (χ0) is 27.5. The molecular formula is C32H44N2O5. The third-order valence-corrected chi connectivity index (χ3v) is 7.85. The lowest BCUT2D eigenvalue weighted by Gasteiger charge is -2.24. The zero-order valence-corrected chi connectivity index (χ0v) is 23.0. The number of nitrogen functional groups attached to an aromatic ring is 1. The third-order valence-electron chi connectivity index (χ3n) is 7.85. The predicted molar refractivity (Wildman–Crippen MR) is 152 cm³/mol. The van der Waals surface area contributed by atoms with Crippen LogP contribution in [0.5, 0.6) is 11.5 Å². The summed E-state index contributed by atoms with van der Waals surface area (Å²) in [5.41, 5.74) is 8.69. The highest BCUT2D eigenvalue weighted by molar-refractivity contribution is 5.47. The summed E-state index contributed by atoms with van der Waals surface area (Å²) in [5, 5.41) is 30.5. The fraction of sp³-hybridized carbons (Fsp3) is 0.594. The van der Waals surface area contributed by atoms with E-state index in [0.717, 1.165) is 61.6 Å². The van der Waals surface area contributed by atoms with E-state index in [0.29, 0.717) is 37.4 Å². The van der Waals surface area contributed by atoms with Crippen LogP contribution >= 0.6 is 0 Å². The Morgan fingerprint density at radius 2 is 1.95 bits per heavy atom. The maximum atomic E-state index is 10.9. The Kier molecular flexibility index (Phi) is 11.3. The fourth-order valence-electron chi connectivity index (χ4n) is 5.53. The van der Waals surface area contributed by atoms with Crippen LogP contribution in [0.15, 0.2) is 30.5 Å². The van der Waals surface area contributed by atoms with Crippen molar-refractivity contribution in [3.8, 4) is 23.3 Å². The molecule has 7 nitrogen and oxygen atoms in total. The third kappa shape index (κ3) is 9.42. The number of nitrogens with zero attached hydrogens (tertiary/aromatic N) is 1. The van der Waals surface area contributed by atoms with Gasteiger partial charge in [-0.3, -0.25) is 0 Å². The van der Waals surface area contributed by atoms with Crippen LogP contribution in [0.4, 0.5) is 5.82 Å². The number of phenols is 1. The Labute approximate surface area is 232 Å². The summed E-state index contributed by atoms with van der Waals surface area (Å²) in [6.45, 7) is 0.536. The second-order valence-corrected chi connectivity index (χ2v) is 11.1. The van der Waals surface area contributed by atoms with Gasteiger partial charge in [-0.2, -0.15) is 0 Å². The summed E-state index contributed by atoms with van der Waals surface area (Å²) >= 11 is 0. The van der Waals surface area contributed by atoms with E-state index in [1.54, 1.807) is 18.3 Å². The molecule has 39 heavy (non-hydrogen) atoms. The Hall–Kier alpha value is -2.79. The van der Waals surface area contributed by atoms with Crippen LogP contribution < -0.4 is 10.5 Å². The van der Waals surface area contributed by atoms with Gasteiger partial charge in [-0.15, -0.1) is 0 Å². The average molecular weight is 537 g/mol. The minimum Gasteiger partial charge on any atom is -0.504 e. The van der Waals surface area contributed by atoms with E-state index >= 15 is 0 Å². The molecule has 1 aliphatic carbocycles. The Balaban J connectivity index is 1.35. The van der Waals surface area contributed by atoms with Gasteiger partial charge < -0.3 is 30.5 Å². The number of aromatic hydroxyl groups is 1. The van der Waals surface area contributed by atoms with Gasteiger partial charge in [0.25, 0.3) is 0 Å². The van der Waals surface area contributed by atoms with Crippen molar-refractivity contribution in [2.75, 3.05) is 12.3 Å². The van der Waals surface area contributed by atoms with Crippen molar-refractivity contribution >= 4 is 5.82 Å². The molecule has 1 saturated carbocycles. The summed E-state index contributed by atoms with van der Waals surface area (Å²) in [4.78, 5) is 4.23. The van der Waals surface area contributed by atoms with Gasteiger partial charge in [0, 0.05) is 29.8 Å². The number of nitrogens with two attached hydrogens (primary N) is 1. The quantitative estimate of drug-likeness (QED) is 0.305. The number of ether oxygens (including phenoxy) is 2. The molecule has 1 aromatic heterocycles. The molecule has 0 unspecified atom stereocenters. The Morgan fingerprint density at radius 3 is 2.77 bits per heavy atom. The number of anilines is 1. The molecule has 212 valence electrons. The largest absolute Gasteiger partial charge is 0.504 e. The first kappa shape index (κ1) is 29.2. The summed E-state index contributed by atoms with van der Waals surface area (Å²) < 4.78 is 12.4. The standard InChI is InChI=1S/C32H44N2O5/c33-32-19-25-14-11-23(7-5-17-35)6-4-10-29(38-22-26(25)21-34-32)20-27(36)15-12-24-13-16-30(37)31(18-24)39-28-8-2-1-3-9-28/h13,16,18-19,21,23,27-29,35-37H,1-10,12,15,17,20,22H2,(H2,33,34)/t23-,27-,29+/m1/s1. The van der Waals surface area contributed by atoms with Gasteiger partial charge in [0.2, 0.25) is 0 Å². The molecule has 7 heteroatoms. The van der Waals surface area contributed by atoms with E-state index < -0.39 is 6.10 Å². The SMILES string of the molecule is Nc1cc2c(cn1)CO[C@H](C[C@H](O)CCc1ccc(O)c(OC3CCCCC3)c1)CCC[C@H](CCCO)C#C2. The molecule has 2 aliphatic rings. The molecule has 1 fully saturated rings. The fourth-order valence-corrected chi connectivity index (χ4v) is 5.53. The molecule has 0 amide bonds. The van der Waals surface area contributed by atoms with Crippen LogP contribution in [0.3, 0.4) is 0 Å². The number of rotatable bonds is 10. The lowest BCUT2D eigenvalue weighted by molar-refractivity contribution is -0.00385. The van der Waals surface area contributed by atoms with E-state index in [1.165, 1.54) is 19.3 Å². The molecule has 2 aromatic rings. The van der Waals surface area contributed by atoms with E-state index in [-0.39, 0.29) is 30.5 Å². The molecule has 0 radical (unpaired) electrons. The number of benzene rings is 1. The minimum atomic E-state index is -0.512. The molecule has 1 aromatic carbocycles. The van der Waals surface area contributed by atoms with Crippen LogP contribution in [-0.4, -0.2) is 45.2 Å². The molecule has 4 rings (SSSR count). The van der Waals surface area contributed by atoms with Crippen LogP contribution in [0.2, 0.25) is 0 Å². The first-order valence-corrected chi connectivity index (χ1v) is 14.6. The van der Waals surface area contributed by atoms with Crippen molar-refractivity contribution in [1.29, 1.82) is 0 Å². The van der Waals surface area contributed by atoms with Gasteiger partial charge in [0.1, 0.15) is 5.82 Å². The summed E-state index contributed by atoms with van der Waals surface area (Å²) in [5.74, 6) is 8.01. The van der Waals surface area contributed by atoms with Crippen LogP contribution in [0.25, 0.3) is 0 Å². The number of pyridine rings is 1. The van der Waals surface area contributed by atoms with Crippen molar-refractivity contribution in [2.45, 2.75) is 108 Å². The summed E-state index contributed by atoms with van der Waals surface area (Å²) in [6.07, 6.45) is 13.1. The second kappa shape index (κ2) is 15.1. The monoisotopic (exact) mass is 536 g/mol. The highest BCUT2D eigenvalue weighted by Gasteiger charge is 2.20. The molecule has 1 aliphatic heterocycles. The first-order chi connectivity index (χ1) is 19.0. The van der Waals surface area contributed by atoms with Crippen LogP contribution in [0.1, 0.15) is 93.7 Å². The van der Waals surface area contributed by atoms with Crippen molar-refractivity contribution in [3.63, 3.8) is 0 Å². The molecule has 2 heterocycles. The summed E-state index contributed by atoms with van der Waals surface area (Å²) in [7, 11) is 0. The maximum absolute atomic E-state index is 10.9. The van der Waals surface area contributed by atoms with Gasteiger partial charge in [-0.05, 0) is 101 Å². The number of aliphatic hydroxyl groups is 2. The predicted octanol–water partition coefficient (Wildman–Crippen LogP) is 5.27. The smallest absolute Gasteiger partial charge is 0.161 e. The highest BCUT2D eigenvalue weighted by atomic mass is 16.5. The second-order valence-electron chi connectivity index (χ2n) is 11.1. The molecule has 0 spiro atoms. The Bertz CT molecular complexity index is 1110. The van der Waals surface area contributed by atoms with E-state index in [4.69, 9.17) is 15.2 Å². The maximum Gasteiger partial charge on any atom is 0.161 e. The number of phenolic OH excluding ortho intramolecular Hbond substituents is 1. The van der Waals surface area contributed by atoms with Crippen molar-refractivity contribution in [3.05, 3.63) is 47.2 Å². The van der Waals surface area contributed by atoms with E-state index in [9.17, 15) is 15.3 Å². The van der Waals surface area contributed by atoms with E-state index in [1.807, 2.05) is 12.1 Å². The molecule has 0 saturated heterocycles. The summed E-state index contributed by atoms with van der Waals surface area (Å²) in [6, 6.07) is 7.31. The number of aliphatic hydroxyl groups excluding tert-OH is 2. The lowest BCUT2D eigenvalue weighted by Crippen LogP contribution is -2.22. The van der Waals surface area contributed by atoms with Crippen LogP contribution in [-0.2, 0) is 17.8 Å². The normalized spacial score (nSPS) is 21.2. The number of hydrogen-bond acceptors (Lipinski definition) is 7. The van der Waals surface area contributed by atoms with Gasteiger partial charge in [-0.25, -0.2) is 4.98 Å². The van der Waals surface area contributed by atoms with Crippen molar-refractivity contribution in [1.82, 2.24) is 4.98 Å².